The van der Waals surface area contributed by atoms with Gasteiger partial charge >= 0.3 is 0 Å². The van der Waals surface area contributed by atoms with Crippen LogP contribution < -0.4 is 16.6 Å². The SMILES string of the molecule is CC(O)C#Cc1cccc2nc(C(C)Nc3ncnc(N)c3-c3nnn(C)n3)n(-c3ccccc3)c(=O)c12. The number of nitrogens with one attached hydrogen (secondary N) is 1. The van der Waals surface area contributed by atoms with Crippen LogP contribution in [0.2, 0.25) is 0 Å². The Hall–Kier alpha value is -5.15. The van der Waals surface area contributed by atoms with Crippen molar-refractivity contribution in [2.75, 3.05) is 11.1 Å². The molecule has 0 spiro atoms. The van der Waals surface area contributed by atoms with Crippen LogP contribution in [0.15, 0.2) is 59.7 Å². The molecule has 2 aromatic carbocycles. The zero-order valence-electron chi connectivity index (χ0n) is 20.9. The van der Waals surface area contributed by atoms with Gasteiger partial charge in [-0.1, -0.05) is 36.1 Å². The summed E-state index contributed by atoms with van der Waals surface area (Å²) in [5, 5.41) is 25.5. The molecule has 12 nitrogen and oxygen atoms in total. The normalized spacial score (nSPS) is 12.5. The smallest absolute Gasteiger partial charge is 0.267 e. The van der Waals surface area contributed by atoms with E-state index in [1.54, 1.807) is 36.7 Å². The largest absolute Gasteiger partial charge is 0.383 e. The maximum Gasteiger partial charge on any atom is 0.267 e. The number of anilines is 2. The summed E-state index contributed by atoms with van der Waals surface area (Å²) in [4.78, 5) is 28.6. The fourth-order valence-corrected chi connectivity index (χ4v) is 4.03. The number of para-hydroxylation sites is 1. The molecule has 0 bridgehead atoms. The van der Waals surface area contributed by atoms with Crippen molar-refractivity contribution in [1.29, 1.82) is 0 Å². The molecule has 12 heteroatoms. The van der Waals surface area contributed by atoms with Gasteiger partial charge in [0.15, 0.2) is 0 Å². The van der Waals surface area contributed by atoms with Crippen molar-refractivity contribution < 1.29 is 5.11 Å². The summed E-state index contributed by atoms with van der Waals surface area (Å²) in [7, 11) is 1.64. The molecular weight excluding hydrogens is 484 g/mol. The number of aryl methyl sites for hydroxylation is 1. The molecule has 0 saturated heterocycles. The molecular formula is C26H24N10O2. The lowest BCUT2D eigenvalue weighted by Crippen LogP contribution is -2.28. The third-order valence-corrected chi connectivity index (χ3v) is 5.70. The first-order chi connectivity index (χ1) is 18.3. The minimum Gasteiger partial charge on any atom is -0.383 e. The Bertz CT molecular complexity index is 1750. The van der Waals surface area contributed by atoms with Gasteiger partial charge in [0.1, 0.15) is 35.5 Å². The molecule has 190 valence electrons. The van der Waals surface area contributed by atoms with Gasteiger partial charge in [0.2, 0.25) is 5.82 Å². The average molecular weight is 509 g/mol. The molecule has 4 N–H and O–H groups in total. The zero-order valence-corrected chi connectivity index (χ0v) is 20.9. The number of rotatable bonds is 5. The van der Waals surface area contributed by atoms with E-state index in [1.807, 2.05) is 37.3 Å². The molecule has 38 heavy (non-hydrogen) atoms. The highest BCUT2D eigenvalue weighted by molar-refractivity contribution is 5.85. The van der Waals surface area contributed by atoms with Crippen LogP contribution in [0.3, 0.4) is 0 Å². The van der Waals surface area contributed by atoms with Gasteiger partial charge < -0.3 is 16.2 Å². The van der Waals surface area contributed by atoms with Crippen LogP contribution in [0.5, 0.6) is 0 Å². The highest BCUT2D eigenvalue weighted by Crippen LogP contribution is 2.30. The van der Waals surface area contributed by atoms with Gasteiger partial charge in [-0.2, -0.15) is 4.80 Å². The summed E-state index contributed by atoms with van der Waals surface area (Å²) in [6.07, 6.45) is 0.492. The molecule has 2 unspecified atom stereocenters. The molecule has 0 aliphatic heterocycles. The first kappa shape index (κ1) is 24.5. The Labute approximate surface area is 217 Å². The van der Waals surface area contributed by atoms with Crippen molar-refractivity contribution in [2.45, 2.75) is 26.0 Å². The lowest BCUT2D eigenvalue weighted by Gasteiger charge is -2.21. The number of fused-ring (bicyclic) bond motifs is 1. The van der Waals surface area contributed by atoms with Crippen LogP contribution in [0.25, 0.3) is 28.0 Å². The van der Waals surface area contributed by atoms with E-state index in [1.165, 1.54) is 11.1 Å². The number of aromatic nitrogens is 8. The van der Waals surface area contributed by atoms with E-state index >= 15 is 0 Å². The summed E-state index contributed by atoms with van der Waals surface area (Å²) in [5.41, 5.74) is 7.83. The molecule has 0 radical (unpaired) electrons. The van der Waals surface area contributed by atoms with Crippen molar-refractivity contribution >= 4 is 22.5 Å². The van der Waals surface area contributed by atoms with E-state index in [-0.39, 0.29) is 17.2 Å². The van der Waals surface area contributed by atoms with Crippen LogP contribution in [-0.2, 0) is 7.05 Å². The third-order valence-electron chi connectivity index (χ3n) is 5.70. The van der Waals surface area contributed by atoms with Gasteiger partial charge in [-0.15, -0.1) is 10.2 Å². The standard InChI is InChI=1S/C26H24N10O2/c1-15(37)12-13-17-8-7-11-19-20(17)26(38)36(18-9-5-4-6-10-18)25(31-19)16(2)30-23-21(22(27)28-14-29-23)24-32-34-35(3)33-24/h4-11,14-16,37H,1-3H3,(H3,27,28,29,30). The molecule has 3 heterocycles. The number of benzene rings is 2. The van der Waals surface area contributed by atoms with Crippen LogP contribution in [-0.4, -0.2) is 50.9 Å². The summed E-state index contributed by atoms with van der Waals surface area (Å²) in [6, 6.07) is 14.0. The van der Waals surface area contributed by atoms with Gasteiger partial charge in [-0.3, -0.25) is 9.36 Å². The van der Waals surface area contributed by atoms with Crippen LogP contribution in [0.4, 0.5) is 11.6 Å². The van der Waals surface area contributed by atoms with Crippen molar-refractivity contribution in [1.82, 2.24) is 39.7 Å². The predicted molar refractivity (Wildman–Crippen MR) is 142 cm³/mol. The molecule has 0 aliphatic carbocycles. The molecule has 0 aliphatic rings. The number of nitrogens with zero attached hydrogens (tertiary/aromatic N) is 8. The topological polar surface area (TPSA) is 163 Å². The Kier molecular flexibility index (Phi) is 6.51. The summed E-state index contributed by atoms with van der Waals surface area (Å²) in [5.74, 6) is 6.85. The van der Waals surface area contributed by atoms with E-state index in [0.29, 0.717) is 39.4 Å². The van der Waals surface area contributed by atoms with Gasteiger partial charge in [0, 0.05) is 5.56 Å². The number of aliphatic hydroxyl groups excluding tert-OH is 1. The molecule has 3 aromatic heterocycles. The average Bonchev–Trinajstić information content (AvgIpc) is 3.33. The van der Waals surface area contributed by atoms with E-state index in [2.05, 4.69) is 42.5 Å². The number of aliphatic hydroxyl groups is 1. The monoisotopic (exact) mass is 508 g/mol. The van der Waals surface area contributed by atoms with Crippen molar-refractivity contribution in [2.24, 2.45) is 7.05 Å². The molecule has 2 atom stereocenters. The summed E-state index contributed by atoms with van der Waals surface area (Å²) < 4.78 is 1.54. The molecule has 5 aromatic rings. The lowest BCUT2D eigenvalue weighted by atomic mass is 10.1. The first-order valence-corrected chi connectivity index (χ1v) is 11.8. The lowest BCUT2D eigenvalue weighted by molar-refractivity contribution is 0.253. The van der Waals surface area contributed by atoms with E-state index in [9.17, 15) is 9.90 Å². The van der Waals surface area contributed by atoms with Crippen molar-refractivity contribution in [3.63, 3.8) is 0 Å². The highest BCUT2D eigenvalue weighted by Gasteiger charge is 2.23. The Morgan fingerprint density at radius 1 is 1.08 bits per heavy atom. The maximum absolute atomic E-state index is 14.0. The van der Waals surface area contributed by atoms with Crippen LogP contribution in [0, 0.1) is 11.8 Å². The number of tetrazole rings is 1. The second-order valence-corrected chi connectivity index (χ2v) is 8.54. The fraction of sp³-hybridized carbons (Fsp3) is 0.192. The van der Waals surface area contributed by atoms with Crippen molar-refractivity contribution in [3.8, 4) is 28.9 Å². The van der Waals surface area contributed by atoms with E-state index in [4.69, 9.17) is 10.7 Å². The Morgan fingerprint density at radius 2 is 1.87 bits per heavy atom. The van der Waals surface area contributed by atoms with Crippen molar-refractivity contribution in [3.05, 3.63) is 76.6 Å². The Balaban J connectivity index is 1.69. The first-order valence-electron chi connectivity index (χ1n) is 11.8. The molecule has 0 saturated carbocycles. The van der Waals surface area contributed by atoms with E-state index in [0.717, 1.165) is 0 Å². The van der Waals surface area contributed by atoms with Crippen LogP contribution >= 0.6 is 0 Å². The Morgan fingerprint density at radius 3 is 2.58 bits per heavy atom. The fourth-order valence-electron chi connectivity index (χ4n) is 4.03. The molecule has 0 amide bonds. The number of hydrogen-bond donors (Lipinski definition) is 3. The predicted octanol–water partition coefficient (Wildman–Crippen LogP) is 1.85. The zero-order chi connectivity index (χ0) is 26.8. The highest BCUT2D eigenvalue weighted by atomic mass is 16.3. The van der Waals surface area contributed by atoms with Gasteiger partial charge in [-0.25, -0.2) is 15.0 Å². The number of nitrogen functional groups attached to an aromatic ring is 1. The third kappa shape index (κ3) is 4.65. The molecule has 5 rings (SSSR count). The molecule has 0 fully saturated rings. The number of nitrogens with two attached hydrogens (primary N) is 1. The summed E-state index contributed by atoms with van der Waals surface area (Å²) in [6.45, 7) is 3.42. The minimum atomic E-state index is -0.837. The van der Waals surface area contributed by atoms with Gasteiger partial charge in [0.25, 0.3) is 5.56 Å². The maximum atomic E-state index is 14.0. The summed E-state index contributed by atoms with van der Waals surface area (Å²) >= 11 is 0. The van der Waals surface area contributed by atoms with Gasteiger partial charge in [-0.05, 0) is 43.3 Å². The van der Waals surface area contributed by atoms with Crippen LogP contribution in [0.1, 0.15) is 31.3 Å². The minimum absolute atomic E-state index is 0.177. The van der Waals surface area contributed by atoms with Gasteiger partial charge in [0.05, 0.1) is 29.7 Å². The quantitative estimate of drug-likeness (QED) is 0.299. The number of hydrogen-bond acceptors (Lipinski definition) is 10. The second kappa shape index (κ2) is 10.1. The van der Waals surface area contributed by atoms with E-state index < -0.39 is 12.1 Å². The second-order valence-electron chi connectivity index (χ2n) is 8.54.